The number of hydrogen-bond acceptors (Lipinski definition) is 3. The predicted octanol–water partition coefficient (Wildman–Crippen LogP) is 2.99. The van der Waals surface area contributed by atoms with Gasteiger partial charge in [0.05, 0.1) is 16.5 Å². The molecule has 0 radical (unpaired) electrons. The molecular formula is C13H22N2OS. The number of rotatable bonds is 7. The minimum absolute atomic E-state index is 0.511. The number of nitrogens with two attached hydrogens (primary N) is 1. The quantitative estimate of drug-likeness (QED) is 0.814. The molecule has 0 fully saturated rings. The van der Waals surface area contributed by atoms with Gasteiger partial charge >= 0.3 is 0 Å². The van der Waals surface area contributed by atoms with Crippen LogP contribution in [0.4, 0.5) is 5.69 Å². The molecule has 0 aliphatic carbocycles. The highest BCUT2D eigenvalue weighted by Gasteiger charge is 2.15. The number of anilines is 1. The second kappa shape index (κ2) is 7.43. The molecule has 0 aromatic carbocycles. The van der Waals surface area contributed by atoms with E-state index in [9.17, 15) is 4.21 Å². The molecule has 0 spiro atoms. The molecule has 1 aromatic rings. The van der Waals surface area contributed by atoms with Crippen molar-refractivity contribution in [1.29, 1.82) is 0 Å². The summed E-state index contributed by atoms with van der Waals surface area (Å²) in [6, 6.07) is 3.53. The highest BCUT2D eigenvalue weighted by Crippen LogP contribution is 2.19. The lowest BCUT2D eigenvalue weighted by atomic mass is 10.0. The van der Waals surface area contributed by atoms with Gasteiger partial charge < -0.3 is 5.73 Å². The van der Waals surface area contributed by atoms with Gasteiger partial charge in [0.25, 0.3) is 0 Å². The summed E-state index contributed by atoms with van der Waals surface area (Å²) in [5, 5.41) is 0.544. The van der Waals surface area contributed by atoms with E-state index in [4.69, 9.17) is 5.73 Å². The van der Waals surface area contributed by atoms with Gasteiger partial charge in [-0.1, -0.05) is 33.1 Å². The van der Waals surface area contributed by atoms with Gasteiger partial charge in [0.2, 0.25) is 0 Å². The molecule has 0 aliphatic heterocycles. The molecule has 2 atom stereocenters. The van der Waals surface area contributed by atoms with E-state index >= 15 is 0 Å². The van der Waals surface area contributed by atoms with Crippen LogP contribution in [0.1, 0.15) is 39.5 Å². The molecule has 0 amide bonds. The van der Waals surface area contributed by atoms with E-state index in [1.807, 2.05) is 0 Å². The van der Waals surface area contributed by atoms with Gasteiger partial charge in [-0.05, 0) is 24.5 Å². The van der Waals surface area contributed by atoms with Crippen LogP contribution in [-0.4, -0.2) is 14.9 Å². The van der Waals surface area contributed by atoms with Crippen LogP contribution in [0.25, 0.3) is 0 Å². The first kappa shape index (κ1) is 14.2. The maximum absolute atomic E-state index is 12.2. The van der Waals surface area contributed by atoms with Crippen LogP contribution < -0.4 is 5.73 Å². The third-order valence-corrected chi connectivity index (χ3v) is 4.49. The lowest BCUT2D eigenvalue weighted by Gasteiger charge is -2.14. The minimum Gasteiger partial charge on any atom is -0.396 e. The Morgan fingerprint density at radius 2 is 2.24 bits per heavy atom. The van der Waals surface area contributed by atoms with Crippen molar-refractivity contribution in [2.24, 2.45) is 5.92 Å². The average molecular weight is 254 g/mol. The highest BCUT2D eigenvalue weighted by atomic mass is 32.2. The lowest BCUT2D eigenvalue weighted by molar-refractivity contribution is 0.494. The molecule has 0 saturated carbocycles. The Hall–Kier alpha value is -0.900. The first-order chi connectivity index (χ1) is 8.19. The Morgan fingerprint density at radius 1 is 1.47 bits per heavy atom. The van der Waals surface area contributed by atoms with Gasteiger partial charge in [-0.15, -0.1) is 0 Å². The number of aromatic nitrogens is 1. The SMILES string of the molecule is CCCCC(CC)CS(=O)c1ncccc1N. The van der Waals surface area contributed by atoms with E-state index in [2.05, 4.69) is 18.8 Å². The summed E-state index contributed by atoms with van der Waals surface area (Å²) in [6.07, 6.45) is 6.25. The van der Waals surface area contributed by atoms with Crippen molar-refractivity contribution in [1.82, 2.24) is 4.98 Å². The molecule has 96 valence electrons. The Kier molecular flexibility index (Phi) is 6.19. The molecule has 17 heavy (non-hydrogen) atoms. The number of nitrogens with zero attached hydrogens (tertiary/aromatic N) is 1. The van der Waals surface area contributed by atoms with Gasteiger partial charge in [0.15, 0.2) is 0 Å². The molecule has 1 heterocycles. The van der Waals surface area contributed by atoms with Crippen LogP contribution in [0.2, 0.25) is 0 Å². The molecule has 0 aliphatic rings. The zero-order valence-corrected chi connectivity index (χ0v) is 11.5. The topological polar surface area (TPSA) is 56.0 Å². The van der Waals surface area contributed by atoms with Crippen LogP contribution >= 0.6 is 0 Å². The summed E-state index contributed by atoms with van der Waals surface area (Å²) in [5.74, 6) is 1.19. The van der Waals surface area contributed by atoms with Crippen molar-refractivity contribution in [3.63, 3.8) is 0 Å². The third-order valence-electron chi connectivity index (χ3n) is 2.95. The summed E-state index contributed by atoms with van der Waals surface area (Å²) in [5.41, 5.74) is 6.32. The van der Waals surface area contributed by atoms with E-state index in [0.29, 0.717) is 22.4 Å². The molecular weight excluding hydrogens is 232 g/mol. The van der Waals surface area contributed by atoms with Crippen molar-refractivity contribution in [2.45, 2.75) is 44.6 Å². The fourth-order valence-corrected chi connectivity index (χ4v) is 3.28. The van der Waals surface area contributed by atoms with Crippen molar-refractivity contribution in [3.8, 4) is 0 Å². The maximum atomic E-state index is 12.2. The summed E-state index contributed by atoms with van der Waals surface area (Å²) in [7, 11) is -1.06. The van der Waals surface area contributed by atoms with Crippen LogP contribution in [0.5, 0.6) is 0 Å². The van der Waals surface area contributed by atoms with Crippen molar-refractivity contribution in [2.75, 3.05) is 11.5 Å². The van der Waals surface area contributed by atoms with Crippen LogP contribution in [0.3, 0.4) is 0 Å². The van der Waals surface area contributed by atoms with Crippen molar-refractivity contribution >= 4 is 16.5 Å². The fourth-order valence-electron chi connectivity index (χ4n) is 1.78. The number of unbranched alkanes of at least 4 members (excludes halogenated alkanes) is 1. The van der Waals surface area contributed by atoms with E-state index in [1.54, 1.807) is 18.3 Å². The Balaban J connectivity index is 2.61. The Bertz CT molecular complexity index is 368. The standard InChI is InChI=1S/C13H22N2OS/c1-3-5-7-11(4-2)10-17(16)13-12(14)8-6-9-15-13/h6,8-9,11H,3-5,7,10,14H2,1-2H3. The maximum Gasteiger partial charge on any atom is 0.150 e. The second-order valence-electron chi connectivity index (χ2n) is 4.33. The van der Waals surface area contributed by atoms with E-state index in [1.165, 1.54) is 12.8 Å². The van der Waals surface area contributed by atoms with Gasteiger partial charge in [-0.3, -0.25) is 4.21 Å². The normalized spacial score (nSPS) is 14.5. The van der Waals surface area contributed by atoms with Crippen LogP contribution in [0.15, 0.2) is 23.4 Å². The zero-order valence-electron chi connectivity index (χ0n) is 10.7. The predicted molar refractivity (Wildman–Crippen MR) is 73.2 cm³/mol. The molecule has 1 aromatic heterocycles. The number of pyridine rings is 1. The Labute approximate surface area is 106 Å². The van der Waals surface area contributed by atoms with E-state index < -0.39 is 10.8 Å². The summed E-state index contributed by atoms with van der Waals surface area (Å²) < 4.78 is 12.2. The first-order valence-electron chi connectivity index (χ1n) is 6.27. The molecule has 3 nitrogen and oxygen atoms in total. The number of nitrogen functional groups attached to an aromatic ring is 1. The smallest absolute Gasteiger partial charge is 0.150 e. The summed E-state index contributed by atoms with van der Waals surface area (Å²) in [4.78, 5) is 4.12. The average Bonchev–Trinajstić information content (AvgIpc) is 2.34. The van der Waals surface area contributed by atoms with Gasteiger partial charge in [-0.25, -0.2) is 4.98 Å². The zero-order chi connectivity index (χ0) is 12.7. The monoisotopic (exact) mass is 254 g/mol. The minimum atomic E-state index is -1.06. The Morgan fingerprint density at radius 3 is 2.82 bits per heavy atom. The molecule has 2 unspecified atom stereocenters. The van der Waals surface area contributed by atoms with Crippen molar-refractivity contribution in [3.05, 3.63) is 18.3 Å². The second-order valence-corrected chi connectivity index (χ2v) is 5.74. The van der Waals surface area contributed by atoms with Gasteiger partial charge in [-0.2, -0.15) is 0 Å². The summed E-state index contributed by atoms with van der Waals surface area (Å²) >= 11 is 0. The molecule has 0 saturated heterocycles. The fraction of sp³-hybridized carbons (Fsp3) is 0.615. The molecule has 1 rings (SSSR count). The van der Waals surface area contributed by atoms with E-state index in [-0.39, 0.29) is 0 Å². The largest absolute Gasteiger partial charge is 0.396 e. The first-order valence-corrected chi connectivity index (χ1v) is 7.59. The summed E-state index contributed by atoms with van der Waals surface area (Å²) in [6.45, 7) is 4.33. The van der Waals surface area contributed by atoms with Gasteiger partial charge in [0, 0.05) is 11.9 Å². The molecule has 2 N–H and O–H groups in total. The van der Waals surface area contributed by atoms with Gasteiger partial charge in [0.1, 0.15) is 5.03 Å². The van der Waals surface area contributed by atoms with Crippen molar-refractivity contribution < 1.29 is 4.21 Å². The third kappa shape index (κ3) is 4.46. The highest BCUT2D eigenvalue weighted by molar-refractivity contribution is 7.85. The molecule has 4 heteroatoms. The molecule has 0 bridgehead atoms. The van der Waals surface area contributed by atoms with E-state index in [0.717, 1.165) is 12.8 Å². The van der Waals surface area contributed by atoms with Crippen LogP contribution in [0, 0.1) is 5.92 Å². The number of hydrogen-bond donors (Lipinski definition) is 1. The van der Waals surface area contributed by atoms with Crippen LogP contribution in [-0.2, 0) is 10.8 Å². The lowest BCUT2D eigenvalue weighted by Crippen LogP contribution is -2.13.